The lowest BCUT2D eigenvalue weighted by Crippen LogP contribution is -2.56. The number of nitrogens with one attached hydrogen (secondary N) is 2. The van der Waals surface area contributed by atoms with Crippen LogP contribution in [-0.2, 0) is 14.4 Å². The molecule has 1 heterocycles. The van der Waals surface area contributed by atoms with E-state index >= 15 is 0 Å². The zero-order valence-electron chi connectivity index (χ0n) is 5.13. The summed E-state index contributed by atoms with van der Waals surface area (Å²) >= 11 is 0. The summed E-state index contributed by atoms with van der Waals surface area (Å²) in [5.74, 6) is -3.62. The second-order valence-electron chi connectivity index (χ2n) is 1.57. The molecule has 4 amide bonds. The first kappa shape index (κ1) is 9.24. The van der Waals surface area contributed by atoms with E-state index in [-0.39, 0.29) is 5.48 Å². The molecule has 0 atom stereocenters. The van der Waals surface area contributed by atoms with Crippen molar-refractivity contribution in [2.75, 3.05) is 0 Å². The number of barbiturate groups is 1. The Labute approximate surface area is 60.1 Å². The fourth-order valence-electron chi connectivity index (χ4n) is 0.454. The number of hydrogen-bond donors (Lipinski definition) is 2. The lowest BCUT2D eigenvalue weighted by molar-refractivity contribution is -0.146. The Hall–Kier alpha value is -1.76. The molecule has 11 heavy (non-hydrogen) atoms. The predicted molar refractivity (Wildman–Crippen MR) is 30.3 cm³/mol. The first-order chi connectivity index (χ1) is 4.61. The number of carbonyl (C=O) groups excluding carboxylic acids is 4. The molecular formula is C4H4N2O5. The van der Waals surface area contributed by atoms with E-state index in [1.807, 2.05) is 0 Å². The molecule has 0 spiro atoms. The minimum Gasteiger partial charge on any atom is -0.412 e. The minimum absolute atomic E-state index is 0. The number of imide groups is 2. The van der Waals surface area contributed by atoms with Crippen molar-refractivity contribution >= 4 is 23.6 Å². The summed E-state index contributed by atoms with van der Waals surface area (Å²) < 4.78 is 0. The van der Waals surface area contributed by atoms with Gasteiger partial charge in [0.2, 0.25) is 0 Å². The monoisotopic (exact) mass is 160 g/mol. The number of carbonyl (C=O) groups is 4. The van der Waals surface area contributed by atoms with E-state index in [1.165, 1.54) is 0 Å². The van der Waals surface area contributed by atoms with Gasteiger partial charge < -0.3 is 5.48 Å². The molecule has 7 nitrogen and oxygen atoms in total. The first-order valence-electron chi connectivity index (χ1n) is 2.32. The minimum atomic E-state index is -1.25. The third-order valence-electron chi connectivity index (χ3n) is 0.867. The van der Waals surface area contributed by atoms with Crippen molar-refractivity contribution in [3.05, 3.63) is 0 Å². The maximum atomic E-state index is 10.3. The second kappa shape index (κ2) is 2.88. The van der Waals surface area contributed by atoms with Gasteiger partial charge in [-0.05, 0) is 0 Å². The van der Waals surface area contributed by atoms with Crippen LogP contribution in [0.5, 0.6) is 0 Å². The molecule has 0 radical (unpaired) electrons. The highest BCUT2D eigenvalue weighted by Gasteiger charge is 2.31. The zero-order valence-corrected chi connectivity index (χ0v) is 5.13. The maximum absolute atomic E-state index is 10.3. The van der Waals surface area contributed by atoms with E-state index in [4.69, 9.17) is 0 Å². The molecule has 0 aromatic heterocycles. The van der Waals surface area contributed by atoms with Crippen LogP contribution in [0.15, 0.2) is 0 Å². The molecule has 0 bridgehead atoms. The van der Waals surface area contributed by atoms with Crippen LogP contribution in [0.4, 0.5) is 4.79 Å². The third-order valence-corrected chi connectivity index (χ3v) is 0.867. The van der Waals surface area contributed by atoms with Gasteiger partial charge in [0.25, 0.3) is 0 Å². The van der Waals surface area contributed by atoms with Crippen LogP contribution in [0.2, 0.25) is 0 Å². The van der Waals surface area contributed by atoms with Gasteiger partial charge in [-0.25, -0.2) is 4.79 Å². The Bertz CT molecular complexity index is 223. The van der Waals surface area contributed by atoms with Crippen LogP contribution >= 0.6 is 0 Å². The topological polar surface area (TPSA) is 124 Å². The Balaban J connectivity index is 0.000001000. The standard InChI is InChI=1S/C4H2N2O4.H2O/c7-1-2(8)5-4(10)6-3(1)9;/h(H2,5,6,8,9,10);1H2. The number of amides is 4. The molecule has 7 heteroatoms. The van der Waals surface area contributed by atoms with Crippen LogP contribution in [0.25, 0.3) is 0 Å². The molecule has 1 aliphatic heterocycles. The van der Waals surface area contributed by atoms with Crippen molar-refractivity contribution in [1.82, 2.24) is 10.6 Å². The summed E-state index contributed by atoms with van der Waals surface area (Å²) in [7, 11) is 0. The third kappa shape index (κ3) is 1.58. The smallest absolute Gasteiger partial charge is 0.328 e. The quantitative estimate of drug-likeness (QED) is 0.368. The SMILES string of the molecule is O.O=C1NC(=O)C(=O)C(=O)N1. The molecule has 1 fully saturated rings. The fraction of sp³-hybridized carbons (Fsp3) is 0. The van der Waals surface area contributed by atoms with Gasteiger partial charge in [-0.3, -0.25) is 25.0 Å². The second-order valence-corrected chi connectivity index (χ2v) is 1.57. The molecule has 1 saturated heterocycles. The summed E-state index contributed by atoms with van der Waals surface area (Å²) in [4.78, 5) is 41.1. The lowest BCUT2D eigenvalue weighted by Gasteiger charge is -2.07. The van der Waals surface area contributed by atoms with Crippen LogP contribution in [-0.4, -0.2) is 29.1 Å². The van der Waals surface area contributed by atoms with Crippen molar-refractivity contribution < 1.29 is 24.7 Å². The van der Waals surface area contributed by atoms with Crippen LogP contribution in [0, 0.1) is 0 Å². The number of rotatable bonds is 0. The number of Topliss-reactive ketones (excluding diaryl/α,β-unsaturated/α-hetero) is 1. The fourth-order valence-corrected chi connectivity index (χ4v) is 0.454. The first-order valence-corrected chi connectivity index (χ1v) is 2.32. The van der Waals surface area contributed by atoms with Crippen LogP contribution < -0.4 is 10.6 Å². The van der Waals surface area contributed by atoms with Gasteiger partial charge in [0.05, 0.1) is 0 Å². The number of urea groups is 1. The Morgan fingerprint density at radius 1 is 0.818 bits per heavy atom. The zero-order chi connectivity index (χ0) is 7.72. The Kier molecular flexibility index (Phi) is 2.42. The molecule has 60 valence electrons. The average Bonchev–Trinajstić information content (AvgIpc) is 1.82. The van der Waals surface area contributed by atoms with E-state index in [9.17, 15) is 19.2 Å². The Morgan fingerprint density at radius 2 is 1.18 bits per heavy atom. The molecule has 0 aromatic carbocycles. The van der Waals surface area contributed by atoms with Gasteiger partial charge >= 0.3 is 23.6 Å². The van der Waals surface area contributed by atoms with E-state index in [0.29, 0.717) is 0 Å². The van der Waals surface area contributed by atoms with Gasteiger partial charge in [0.15, 0.2) is 0 Å². The molecule has 1 rings (SSSR count). The molecular weight excluding hydrogens is 156 g/mol. The van der Waals surface area contributed by atoms with E-state index in [0.717, 1.165) is 0 Å². The van der Waals surface area contributed by atoms with Crippen molar-refractivity contribution in [1.29, 1.82) is 0 Å². The van der Waals surface area contributed by atoms with Gasteiger partial charge in [0, 0.05) is 0 Å². The van der Waals surface area contributed by atoms with Crippen molar-refractivity contribution in [3.63, 3.8) is 0 Å². The van der Waals surface area contributed by atoms with E-state index < -0.39 is 23.6 Å². The van der Waals surface area contributed by atoms with E-state index in [1.54, 1.807) is 10.6 Å². The normalized spacial score (nSPS) is 16.7. The summed E-state index contributed by atoms with van der Waals surface area (Å²) in [5, 5.41) is 3.20. The molecule has 0 unspecified atom stereocenters. The highest BCUT2D eigenvalue weighted by atomic mass is 16.2. The predicted octanol–water partition coefficient (Wildman–Crippen LogP) is -2.90. The lowest BCUT2D eigenvalue weighted by atomic mass is 10.3. The highest BCUT2D eigenvalue weighted by molar-refractivity contribution is 6.66. The van der Waals surface area contributed by atoms with Gasteiger partial charge in [0.1, 0.15) is 0 Å². The molecule has 0 aliphatic carbocycles. The summed E-state index contributed by atoms with van der Waals surface area (Å²) in [6.07, 6.45) is 0. The summed E-state index contributed by atoms with van der Waals surface area (Å²) in [5.41, 5.74) is 0. The molecule has 4 N–H and O–H groups in total. The summed E-state index contributed by atoms with van der Waals surface area (Å²) in [6, 6.07) is -0.963. The highest BCUT2D eigenvalue weighted by Crippen LogP contribution is 1.81. The largest absolute Gasteiger partial charge is 0.412 e. The molecule has 0 aromatic rings. The van der Waals surface area contributed by atoms with Crippen molar-refractivity contribution in [3.8, 4) is 0 Å². The maximum Gasteiger partial charge on any atom is 0.328 e. The van der Waals surface area contributed by atoms with Gasteiger partial charge in [-0.2, -0.15) is 0 Å². The van der Waals surface area contributed by atoms with Crippen LogP contribution in [0.1, 0.15) is 0 Å². The summed E-state index contributed by atoms with van der Waals surface area (Å²) in [6.45, 7) is 0. The molecule has 0 saturated carbocycles. The number of ketones is 1. The van der Waals surface area contributed by atoms with Gasteiger partial charge in [-0.1, -0.05) is 0 Å². The van der Waals surface area contributed by atoms with E-state index in [2.05, 4.69) is 0 Å². The molecule has 1 aliphatic rings. The van der Waals surface area contributed by atoms with Crippen molar-refractivity contribution in [2.24, 2.45) is 0 Å². The Morgan fingerprint density at radius 3 is 1.55 bits per heavy atom. The average molecular weight is 160 g/mol. The van der Waals surface area contributed by atoms with Crippen molar-refractivity contribution in [2.45, 2.75) is 0 Å². The van der Waals surface area contributed by atoms with Gasteiger partial charge in [-0.15, -0.1) is 0 Å². The number of hydrogen-bond acceptors (Lipinski definition) is 4. The van der Waals surface area contributed by atoms with Crippen LogP contribution in [0.3, 0.4) is 0 Å².